The van der Waals surface area contributed by atoms with Gasteiger partial charge in [-0.25, -0.2) is 4.98 Å². The lowest BCUT2D eigenvalue weighted by atomic mass is 9.80. The van der Waals surface area contributed by atoms with E-state index in [1.165, 1.54) is 0 Å². The Hall–Kier alpha value is -3.36. The fourth-order valence-electron chi connectivity index (χ4n) is 5.48. The lowest BCUT2D eigenvalue weighted by molar-refractivity contribution is -0.124. The van der Waals surface area contributed by atoms with Crippen LogP contribution in [-0.2, 0) is 16.0 Å². The number of nitrogens with one attached hydrogen (secondary N) is 2. The van der Waals surface area contributed by atoms with Crippen LogP contribution >= 0.6 is 0 Å². The van der Waals surface area contributed by atoms with Crippen LogP contribution in [0.4, 0.5) is 5.69 Å². The third-order valence-corrected chi connectivity index (χ3v) is 7.49. The minimum absolute atomic E-state index is 0.0548. The monoisotopic (exact) mass is 504 g/mol. The molecule has 0 bridgehead atoms. The zero-order valence-electron chi connectivity index (χ0n) is 21.8. The minimum atomic E-state index is -0.497. The van der Waals surface area contributed by atoms with Crippen LogP contribution in [0.2, 0.25) is 0 Å². The standard InChI is InChI=1S/C29H36N4O4/c1-20-19-30-28(37-20)23(18-21-8-5-4-6-9-21)31-27(34)25-22-10-7-11-24(35-3)26(22)32-29(25,2)12-13-33-14-16-36-17-15-33/h4-11,19,23,25,32H,12-18H2,1-3H3,(H,31,34)/t23-,25?,29?/m0/s1. The molecule has 3 atom stereocenters. The van der Waals surface area contributed by atoms with E-state index in [1.54, 1.807) is 13.3 Å². The summed E-state index contributed by atoms with van der Waals surface area (Å²) >= 11 is 0. The van der Waals surface area contributed by atoms with Crippen LogP contribution < -0.4 is 15.4 Å². The van der Waals surface area contributed by atoms with Gasteiger partial charge >= 0.3 is 0 Å². The summed E-state index contributed by atoms with van der Waals surface area (Å²) in [7, 11) is 1.66. The molecule has 2 aliphatic heterocycles. The highest BCUT2D eigenvalue weighted by Crippen LogP contribution is 2.48. The average Bonchev–Trinajstić information content (AvgIpc) is 3.48. The van der Waals surface area contributed by atoms with Gasteiger partial charge in [0.25, 0.3) is 0 Å². The van der Waals surface area contributed by atoms with Crippen molar-refractivity contribution in [1.29, 1.82) is 0 Å². The molecule has 2 aromatic carbocycles. The summed E-state index contributed by atoms with van der Waals surface area (Å²) in [6, 6.07) is 15.6. The highest BCUT2D eigenvalue weighted by molar-refractivity contribution is 5.91. The number of hydrogen-bond acceptors (Lipinski definition) is 7. The molecule has 1 aromatic heterocycles. The zero-order valence-corrected chi connectivity index (χ0v) is 21.8. The van der Waals surface area contributed by atoms with E-state index in [9.17, 15) is 4.79 Å². The molecule has 2 N–H and O–H groups in total. The predicted molar refractivity (Wildman–Crippen MR) is 142 cm³/mol. The van der Waals surface area contributed by atoms with E-state index in [-0.39, 0.29) is 11.9 Å². The van der Waals surface area contributed by atoms with Crippen LogP contribution in [-0.4, -0.2) is 61.3 Å². The Morgan fingerprint density at radius 3 is 2.70 bits per heavy atom. The molecule has 5 rings (SSSR count). The number of morpholine rings is 1. The van der Waals surface area contributed by atoms with Crippen molar-refractivity contribution >= 4 is 11.6 Å². The van der Waals surface area contributed by atoms with Crippen molar-refractivity contribution in [2.24, 2.45) is 0 Å². The smallest absolute Gasteiger partial charge is 0.230 e. The molecule has 3 heterocycles. The molecule has 1 amide bonds. The van der Waals surface area contributed by atoms with Gasteiger partial charge in [0.2, 0.25) is 11.8 Å². The quantitative estimate of drug-likeness (QED) is 0.454. The second kappa shape index (κ2) is 10.9. The van der Waals surface area contributed by atoms with E-state index in [0.717, 1.165) is 67.6 Å². The molecule has 0 aliphatic carbocycles. The van der Waals surface area contributed by atoms with Gasteiger partial charge in [-0.1, -0.05) is 42.5 Å². The number of carbonyl (C=O) groups excluding carboxylic acids is 1. The number of hydrogen-bond donors (Lipinski definition) is 2. The van der Waals surface area contributed by atoms with Crippen molar-refractivity contribution in [2.45, 2.75) is 44.2 Å². The molecular formula is C29H36N4O4. The molecule has 37 heavy (non-hydrogen) atoms. The van der Waals surface area contributed by atoms with E-state index in [0.29, 0.717) is 12.3 Å². The minimum Gasteiger partial charge on any atom is -0.495 e. The number of amides is 1. The molecule has 2 aliphatic rings. The summed E-state index contributed by atoms with van der Waals surface area (Å²) in [6.45, 7) is 8.19. The zero-order chi connectivity index (χ0) is 25.8. The highest BCUT2D eigenvalue weighted by atomic mass is 16.5. The summed E-state index contributed by atoms with van der Waals surface area (Å²) in [4.78, 5) is 21.0. The van der Waals surface area contributed by atoms with Gasteiger partial charge < -0.3 is 24.5 Å². The first kappa shape index (κ1) is 25.3. The number of ether oxygens (including phenoxy) is 2. The number of nitrogens with zero attached hydrogens (tertiary/aromatic N) is 2. The van der Waals surface area contributed by atoms with Crippen molar-refractivity contribution in [3.05, 3.63) is 77.5 Å². The van der Waals surface area contributed by atoms with Gasteiger partial charge in [-0.15, -0.1) is 0 Å². The lowest BCUT2D eigenvalue weighted by Gasteiger charge is -2.35. The Bertz CT molecular complexity index is 1210. The number of para-hydroxylation sites is 1. The van der Waals surface area contributed by atoms with Crippen LogP contribution in [0.15, 0.2) is 59.1 Å². The number of oxazole rings is 1. The Balaban J connectivity index is 1.43. The molecule has 0 radical (unpaired) electrons. The number of methoxy groups -OCH3 is 1. The van der Waals surface area contributed by atoms with Gasteiger partial charge in [0.1, 0.15) is 17.6 Å². The average molecular weight is 505 g/mol. The Morgan fingerprint density at radius 2 is 2.00 bits per heavy atom. The van der Waals surface area contributed by atoms with E-state index in [2.05, 4.69) is 39.6 Å². The number of aromatic nitrogens is 1. The number of fused-ring (bicyclic) bond motifs is 1. The summed E-state index contributed by atoms with van der Waals surface area (Å²) < 4.78 is 17.1. The largest absolute Gasteiger partial charge is 0.495 e. The van der Waals surface area contributed by atoms with Crippen LogP contribution in [0, 0.1) is 6.92 Å². The Labute approximate surface area is 218 Å². The molecule has 8 heteroatoms. The maximum atomic E-state index is 14.2. The lowest BCUT2D eigenvalue weighted by Crippen LogP contribution is -2.48. The summed E-state index contributed by atoms with van der Waals surface area (Å²) in [5, 5.41) is 6.98. The molecule has 0 spiro atoms. The molecule has 3 aromatic rings. The van der Waals surface area contributed by atoms with E-state index < -0.39 is 11.5 Å². The Kier molecular flexibility index (Phi) is 7.48. The number of carbonyl (C=O) groups is 1. The van der Waals surface area contributed by atoms with E-state index in [1.807, 2.05) is 43.3 Å². The molecule has 1 saturated heterocycles. The third kappa shape index (κ3) is 5.50. The van der Waals surface area contributed by atoms with Crippen LogP contribution in [0.5, 0.6) is 5.75 Å². The van der Waals surface area contributed by atoms with Crippen molar-refractivity contribution in [3.63, 3.8) is 0 Å². The molecule has 8 nitrogen and oxygen atoms in total. The van der Waals surface area contributed by atoms with Crippen LogP contribution in [0.25, 0.3) is 0 Å². The number of benzene rings is 2. The topological polar surface area (TPSA) is 88.9 Å². The first-order chi connectivity index (χ1) is 18.0. The predicted octanol–water partition coefficient (Wildman–Crippen LogP) is 4.08. The van der Waals surface area contributed by atoms with Crippen LogP contribution in [0.3, 0.4) is 0 Å². The highest BCUT2D eigenvalue weighted by Gasteiger charge is 2.48. The fraction of sp³-hybridized carbons (Fsp3) is 0.448. The number of aryl methyl sites for hydroxylation is 1. The molecular weight excluding hydrogens is 468 g/mol. The first-order valence-corrected chi connectivity index (χ1v) is 13.0. The maximum absolute atomic E-state index is 14.2. The summed E-state index contributed by atoms with van der Waals surface area (Å²) in [6.07, 6.45) is 3.08. The van der Waals surface area contributed by atoms with E-state index in [4.69, 9.17) is 13.9 Å². The number of rotatable bonds is 9. The van der Waals surface area contributed by atoms with E-state index >= 15 is 0 Å². The van der Waals surface area contributed by atoms with Crippen molar-refractivity contribution in [2.75, 3.05) is 45.3 Å². The van der Waals surface area contributed by atoms with Gasteiger partial charge in [-0.2, -0.15) is 0 Å². The van der Waals surface area contributed by atoms with Gasteiger partial charge in [-0.05, 0) is 37.5 Å². The van der Waals surface area contributed by atoms with Gasteiger partial charge in [0.15, 0.2) is 0 Å². The van der Waals surface area contributed by atoms with Crippen molar-refractivity contribution in [3.8, 4) is 5.75 Å². The van der Waals surface area contributed by atoms with Gasteiger partial charge in [-0.3, -0.25) is 9.69 Å². The second-order valence-electron chi connectivity index (χ2n) is 10.2. The fourth-order valence-corrected chi connectivity index (χ4v) is 5.48. The molecule has 0 saturated carbocycles. The van der Waals surface area contributed by atoms with Crippen molar-refractivity contribution < 1.29 is 18.7 Å². The first-order valence-electron chi connectivity index (χ1n) is 13.0. The Morgan fingerprint density at radius 1 is 1.22 bits per heavy atom. The second-order valence-corrected chi connectivity index (χ2v) is 10.2. The third-order valence-electron chi connectivity index (χ3n) is 7.49. The summed E-state index contributed by atoms with van der Waals surface area (Å²) in [5.74, 6) is 1.51. The van der Waals surface area contributed by atoms with Gasteiger partial charge in [0, 0.05) is 26.1 Å². The summed E-state index contributed by atoms with van der Waals surface area (Å²) in [5.41, 5.74) is 2.44. The maximum Gasteiger partial charge on any atom is 0.230 e. The molecule has 196 valence electrons. The molecule has 1 fully saturated rings. The van der Waals surface area contributed by atoms with Crippen molar-refractivity contribution in [1.82, 2.24) is 15.2 Å². The molecule has 2 unspecified atom stereocenters. The SMILES string of the molecule is COc1cccc2c1NC(C)(CCN1CCOCC1)C2C(=O)N[C@@H](Cc1ccccc1)c1ncc(C)o1. The van der Waals surface area contributed by atoms with Crippen LogP contribution in [0.1, 0.15) is 48.1 Å². The normalized spacial score (nSPS) is 22.2. The van der Waals surface area contributed by atoms with Gasteiger partial charge in [0.05, 0.1) is 43.7 Å². The number of anilines is 1.